The first-order valence-corrected chi connectivity index (χ1v) is 9.65. The summed E-state index contributed by atoms with van der Waals surface area (Å²) in [6.45, 7) is 4.10. The molecule has 0 N–H and O–H groups in total. The fourth-order valence-electron chi connectivity index (χ4n) is 3.72. The van der Waals surface area contributed by atoms with E-state index in [0.29, 0.717) is 40.6 Å². The van der Waals surface area contributed by atoms with Crippen LogP contribution in [0.15, 0.2) is 51.7 Å². The Hall–Kier alpha value is -3.48. The van der Waals surface area contributed by atoms with Crippen LogP contribution in [0.1, 0.15) is 43.5 Å². The summed E-state index contributed by atoms with van der Waals surface area (Å²) in [6, 6.07) is 10.9. The third-order valence-electron chi connectivity index (χ3n) is 5.64. The van der Waals surface area contributed by atoms with E-state index in [1.165, 1.54) is 6.39 Å². The molecule has 0 unspecified atom stereocenters. The van der Waals surface area contributed by atoms with E-state index in [0.717, 1.165) is 23.9 Å². The number of hydrogen-bond acceptors (Lipinski definition) is 7. The molecular weight excluding hydrogens is 370 g/mol. The molecule has 0 fully saturated rings. The van der Waals surface area contributed by atoms with E-state index < -0.39 is 5.60 Å². The predicted molar refractivity (Wildman–Crippen MR) is 106 cm³/mol. The molecule has 0 aliphatic carbocycles. The van der Waals surface area contributed by atoms with Crippen molar-refractivity contribution in [1.29, 1.82) is 0 Å². The maximum atomic E-state index is 12.8. The Bertz CT molecular complexity index is 1220. The minimum Gasteiger partial charge on any atom is -0.486 e. The fraction of sp³-hybridized carbons (Fsp3) is 0.273. The van der Waals surface area contributed by atoms with Gasteiger partial charge in [0.05, 0.1) is 12.0 Å². The van der Waals surface area contributed by atoms with Gasteiger partial charge in [-0.25, -0.2) is 4.98 Å². The minimum atomic E-state index is -0.414. The Morgan fingerprint density at radius 2 is 1.90 bits per heavy atom. The van der Waals surface area contributed by atoms with E-state index in [2.05, 4.69) is 15.1 Å². The van der Waals surface area contributed by atoms with Crippen molar-refractivity contribution in [1.82, 2.24) is 15.1 Å². The van der Waals surface area contributed by atoms with Gasteiger partial charge in [0.1, 0.15) is 16.9 Å². The van der Waals surface area contributed by atoms with Crippen molar-refractivity contribution in [3.8, 4) is 28.6 Å². The molecule has 0 radical (unpaired) electrons. The van der Waals surface area contributed by atoms with Crippen molar-refractivity contribution >= 4 is 16.9 Å². The Balaban J connectivity index is 1.48. The Morgan fingerprint density at radius 1 is 1.07 bits per heavy atom. The molecule has 0 saturated carbocycles. The summed E-state index contributed by atoms with van der Waals surface area (Å²) in [5.74, 6) is 1.47. The molecule has 2 aromatic carbocycles. The minimum absolute atomic E-state index is 0.0762. The average Bonchev–Trinajstić information content (AvgIpc) is 3.42. The number of oxazole rings is 1. The molecular formula is C22H19N3O4. The van der Waals surface area contributed by atoms with Gasteiger partial charge in [0.25, 0.3) is 5.89 Å². The molecule has 0 amide bonds. The number of ether oxygens (including phenoxy) is 1. The Labute approximate surface area is 166 Å². The van der Waals surface area contributed by atoms with Gasteiger partial charge in [-0.05, 0) is 49.2 Å². The predicted octanol–water partition coefficient (Wildman–Crippen LogP) is 5.07. The van der Waals surface area contributed by atoms with E-state index in [9.17, 15) is 4.79 Å². The average molecular weight is 389 g/mol. The SMILES string of the molecule is CCC1(CC)CC(=O)c2cc(-c3nc(-c4ccc5ncoc5c4)no3)ccc2O1. The third kappa shape index (κ3) is 2.90. The lowest BCUT2D eigenvalue weighted by Crippen LogP contribution is -2.40. The zero-order valence-corrected chi connectivity index (χ0v) is 16.1. The van der Waals surface area contributed by atoms with Crippen LogP contribution in [0.25, 0.3) is 33.9 Å². The molecule has 1 aliphatic heterocycles. The van der Waals surface area contributed by atoms with Crippen LogP contribution in [-0.4, -0.2) is 26.5 Å². The standard InChI is InChI=1S/C22H19N3O4/c1-3-22(4-2)11-17(26)15-9-14(6-8-18(15)28-22)21-24-20(25-29-21)13-5-7-16-19(10-13)27-12-23-16/h5-10,12H,3-4,11H2,1-2H3. The zero-order chi connectivity index (χ0) is 20.0. The molecule has 0 bridgehead atoms. The van der Waals surface area contributed by atoms with Crippen LogP contribution in [0, 0.1) is 0 Å². The monoisotopic (exact) mass is 389 g/mol. The molecule has 1 aliphatic rings. The van der Waals surface area contributed by atoms with Crippen molar-refractivity contribution in [2.75, 3.05) is 0 Å². The lowest BCUT2D eigenvalue weighted by atomic mass is 9.85. The maximum Gasteiger partial charge on any atom is 0.258 e. The van der Waals surface area contributed by atoms with Gasteiger partial charge in [0.2, 0.25) is 5.82 Å². The highest BCUT2D eigenvalue weighted by atomic mass is 16.5. The summed E-state index contributed by atoms with van der Waals surface area (Å²) in [7, 11) is 0. The number of benzene rings is 2. The number of carbonyl (C=O) groups is 1. The smallest absolute Gasteiger partial charge is 0.258 e. The second kappa shape index (κ2) is 6.55. The summed E-state index contributed by atoms with van der Waals surface area (Å²) >= 11 is 0. The molecule has 7 heteroatoms. The highest BCUT2D eigenvalue weighted by Gasteiger charge is 2.37. The summed E-state index contributed by atoms with van der Waals surface area (Å²) in [4.78, 5) is 21.4. The lowest BCUT2D eigenvalue weighted by molar-refractivity contribution is 0.0350. The molecule has 29 heavy (non-hydrogen) atoms. The van der Waals surface area contributed by atoms with Crippen LogP contribution in [0.5, 0.6) is 5.75 Å². The number of fused-ring (bicyclic) bond motifs is 2. The highest BCUT2D eigenvalue weighted by Crippen LogP contribution is 2.39. The highest BCUT2D eigenvalue weighted by molar-refractivity contribution is 6.01. The van der Waals surface area contributed by atoms with Crippen LogP contribution >= 0.6 is 0 Å². The normalized spacial score (nSPS) is 15.3. The number of ketones is 1. The van der Waals surface area contributed by atoms with Crippen molar-refractivity contribution in [2.45, 2.75) is 38.7 Å². The number of Topliss-reactive ketones (excluding diaryl/α,β-unsaturated/α-hetero) is 1. The van der Waals surface area contributed by atoms with Crippen LogP contribution < -0.4 is 4.74 Å². The van der Waals surface area contributed by atoms with Gasteiger partial charge in [-0.1, -0.05) is 19.0 Å². The second-order valence-corrected chi connectivity index (χ2v) is 7.26. The first kappa shape index (κ1) is 17.6. The van der Waals surface area contributed by atoms with Gasteiger partial charge in [-0.3, -0.25) is 4.79 Å². The van der Waals surface area contributed by atoms with Gasteiger partial charge >= 0.3 is 0 Å². The largest absolute Gasteiger partial charge is 0.486 e. The topological polar surface area (TPSA) is 91.2 Å². The third-order valence-corrected chi connectivity index (χ3v) is 5.64. The van der Waals surface area contributed by atoms with Crippen molar-refractivity contribution in [2.24, 2.45) is 0 Å². The van der Waals surface area contributed by atoms with Crippen LogP contribution in [0.2, 0.25) is 0 Å². The van der Waals surface area contributed by atoms with E-state index in [1.54, 1.807) is 6.07 Å². The van der Waals surface area contributed by atoms with Crippen molar-refractivity contribution < 1.29 is 18.5 Å². The molecule has 0 atom stereocenters. The van der Waals surface area contributed by atoms with Crippen molar-refractivity contribution in [3.63, 3.8) is 0 Å². The van der Waals surface area contributed by atoms with Gasteiger partial charge in [0.15, 0.2) is 17.8 Å². The van der Waals surface area contributed by atoms with E-state index in [1.807, 2.05) is 44.2 Å². The molecule has 2 aromatic heterocycles. The summed E-state index contributed by atoms with van der Waals surface area (Å²) < 4.78 is 17.0. The van der Waals surface area contributed by atoms with E-state index in [4.69, 9.17) is 13.7 Å². The number of nitrogens with zero attached hydrogens (tertiary/aromatic N) is 3. The van der Waals surface area contributed by atoms with Crippen LogP contribution in [0.4, 0.5) is 0 Å². The van der Waals surface area contributed by atoms with Crippen LogP contribution in [0.3, 0.4) is 0 Å². The fourth-order valence-corrected chi connectivity index (χ4v) is 3.72. The molecule has 0 spiro atoms. The lowest BCUT2D eigenvalue weighted by Gasteiger charge is -2.36. The summed E-state index contributed by atoms with van der Waals surface area (Å²) in [5.41, 5.74) is 3.00. The zero-order valence-electron chi connectivity index (χ0n) is 16.1. The van der Waals surface area contributed by atoms with Gasteiger partial charge < -0.3 is 13.7 Å². The second-order valence-electron chi connectivity index (χ2n) is 7.26. The molecule has 146 valence electrons. The van der Waals surface area contributed by atoms with E-state index >= 15 is 0 Å². The van der Waals surface area contributed by atoms with Gasteiger partial charge in [-0.2, -0.15) is 4.98 Å². The number of carbonyl (C=O) groups excluding carboxylic acids is 1. The Morgan fingerprint density at radius 3 is 2.72 bits per heavy atom. The van der Waals surface area contributed by atoms with Crippen molar-refractivity contribution in [3.05, 3.63) is 48.4 Å². The molecule has 7 nitrogen and oxygen atoms in total. The maximum absolute atomic E-state index is 12.8. The molecule has 0 saturated heterocycles. The van der Waals surface area contributed by atoms with Gasteiger partial charge in [-0.15, -0.1) is 0 Å². The molecule has 4 aromatic rings. The number of aromatic nitrogens is 3. The summed E-state index contributed by atoms with van der Waals surface area (Å²) in [5, 5.41) is 4.07. The Kier molecular flexibility index (Phi) is 3.97. The quantitative estimate of drug-likeness (QED) is 0.481. The first-order chi connectivity index (χ1) is 14.1. The molecule has 3 heterocycles. The molecule has 5 rings (SSSR count). The number of hydrogen-bond donors (Lipinski definition) is 0. The first-order valence-electron chi connectivity index (χ1n) is 9.65. The summed E-state index contributed by atoms with van der Waals surface area (Å²) in [6.07, 6.45) is 3.36. The van der Waals surface area contributed by atoms with Crippen LogP contribution in [-0.2, 0) is 0 Å². The number of rotatable bonds is 4. The van der Waals surface area contributed by atoms with E-state index in [-0.39, 0.29) is 5.78 Å². The van der Waals surface area contributed by atoms with Gasteiger partial charge in [0, 0.05) is 11.1 Å².